The number of esters is 3. The molecule has 0 aromatic rings. The molecule has 8 atom stereocenters. The normalized spacial score (nSPS) is 42.7. The van der Waals surface area contributed by atoms with Crippen molar-refractivity contribution in [1.29, 1.82) is 0 Å². The summed E-state index contributed by atoms with van der Waals surface area (Å²) in [6.45, 7) is 6.97. The van der Waals surface area contributed by atoms with Crippen molar-refractivity contribution in [1.82, 2.24) is 0 Å². The number of hydrogen-bond donors (Lipinski definition) is 0. The van der Waals surface area contributed by atoms with Gasteiger partial charge in [-0.3, -0.25) is 19.2 Å². The maximum atomic E-state index is 13.0. The van der Waals surface area contributed by atoms with Gasteiger partial charge in [0.25, 0.3) is 0 Å². The highest BCUT2D eigenvalue weighted by Gasteiger charge is 2.65. The summed E-state index contributed by atoms with van der Waals surface area (Å²) in [5, 5.41) is 0. The van der Waals surface area contributed by atoms with Crippen LogP contribution in [0.4, 0.5) is 0 Å². The number of rotatable bonds is 3. The first kappa shape index (κ1) is 23.0. The van der Waals surface area contributed by atoms with E-state index in [1.807, 2.05) is 13.0 Å². The average molecular weight is 447 g/mol. The van der Waals surface area contributed by atoms with E-state index in [0.29, 0.717) is 25.7 Å². The van der Waals surface area contributed by atoms with Gasteiger partial charge in [-0.25, -0.2) is 0 Å². The molecular formula is C25H34O7. The maximum Gasteiger partial charge on any atom is 0.312 e. The van der Waals surface area contributed by atoms with Crippen LogP contribution in [0.15, 0.2) is 11.6 Å². The molecule has 0 heterocycles. The second-order valence-electron chi connectivity index (χ2n) is 10.6. The maximum absolute atomic E-state index is 13.0. The Labute approximate surface area is 189 Å². The van der Waals surface area contributed by atoms with Crippen LogP contribution in [0.2, 0.25) is 0 Å². The van der Waals surface area contributed by atoms with Crippen LogP contribution in [0.25, 0.3) is 0 Å². The van der Waals surface area contributed by atoms with Gasteiger partial charge in [0.2, 0.25) is 0 Å². The van der Waals surface area contributed by atoms with E-state index in [-0.39, 0.29) is 53.0 Å². The number of carbonyl (C=O) groups excluding carboxylic acids is 4. The largest absolute Gasteiger partial charge is 0.469 e. The first-order valence-corrected chi connectivity index (χ1v) is 11.7. The monoisotopic (exact) mass is 446 g/mol. The summed E-state index contributed by atoms with van der Waals surface area (Å²) in [4.78, 5) is 49.6. The fourth-order valence-corrected chi connectivity index (χ4v) is 7.53. The summed E-state index contributed by atoms with van der Waals surface area (Å²) in [6, 6.07) is 0. The van der Waals surface area contributed by atoms with Crippen molar-refractivity contribution in [2.24, 2.45) is 34.5 Å². The Hall–Kier alpha value is -2.18. The fraction of sp³-hybridized carbons (Fsp3) is 0.760. The van der Waals surface area contributed by atoms with E-state index in [0.717, 1.165) is 18.4 Å². The lowest BCUT2D eigenvalue weighted by Gasteiger charge is -2.60. The second-order valence-corrected chi connectivity index (χ2v) is 10.6. The SMILES string of the molecule is COC(=O)[C@@H]1C=C2C[C@@H](OC(C)=O)CCC2(C)C2C1[C@@H]1CCC(=O)C1(C)C[C@H]2OC(C)=O. The van der Waals surface area contributed by atoms with Crippen molar-refractivity contribution in [2.45, 2.75) is 78.4 Å². The third-order valence-electron chi connectivity index (χ3n) is 8.86. The van der Waals surface area contributed by atoms with E-state index in [1.54, 1.807) is 0 Å². The lowest BCUT2D eigenvalue weighted by molar-refractivity contribution is -0.183. The Kier molecular flexibility index (Phi) is 5.74. The number of ether oxygens (including phenoxy) is 3. The highest BCUT2D eigenvalue weighted by molar-refractivity contribution is 5.88. The molecule has 0 aromatic carbocycles. The third-order valence-corrected chi connectivity index (χ3v) is 8.86. The molecule has 3 saturated carbocycles. The summed E-state index contributed by atoms with van der Waals surface area (Å²) in [5.41, 5.74) is 0.153. The zero-order chi connectivity index (χ0) is 23.4. The molecule has 0 amide bonds. The van der Waals surface area contributed by atoms with E-state index in [4.69, 9.17) is 14.2 Å². The molecule has 0 radical (unpaired) electrons. The van der Waals surface area contributed by atoms with Crippen molar-refractivity contribution in [3.05, 3.63) is 11.6 Å². The summed E-state index contributed by atoms with van der Waals surface area (Å²) < 4.78 is 16.6. The number of ketones is 1. The second kappa shape index (κ2) is 7.99. The highest BCUT2D eigenvalue weighted by atomic mass is 16.5. The minimum atomic E-state index is -0.607. The molecule has 4 unspecified atom stereocenters. The first-order valence-electron chi connectivity index (χ1n) is 11.7. The molecule has 7 nitrogen and oxygen atoms in total. The van der Waals surface area contributed by atoms with Crippen LogP contribution in [0, 0.1) is 34.5 Å². The standard InChI is InChI=1S/C25H34O7/c1-13(26)31-16-8-9-24(3)15(10-16)11-17(23(29)30-5)21-18-6-7-20(28)25(18,4)12-19(22(21)24)32-14(2)27/h11,16-19,21-22H,6-10,12H2,1-5H3/t16-,17+,18-,19+,21?,22?,24?,25?/m0/s1. The van der Waals surface area contributed by atoms with Crippen LogP contribution < -0.4 is 0 Å². The lowest BCUT2D eigenvalue weighted by Crippen LogP contribution is -2.60. The molecule has 32 heavy (non-hydrogen) atoms. The van der Waals surface area contributed by atoms with Crippen molar-refractivity contribution >= 4 is 23.7 Å². The van der Waals surface area contributed by atoms with Crippen LogP contribution in [0.1, 0.15) is 66.2 Å². The van der Waals surface area contributed by atoms with Gasteiger partial charge in [0.15, 0.2) is 0 Å². The van der Waals surface area contributed by atoms with Crippen LogP contribution in [-0.4, -0.2) is 43.0 Å². The van der Waals surface area contributed by atoms with Gasteiger partial charge < -0.3 is 14.2 Å². The fourth-order valence-electron chi connectivity index (χ4n) is 7.53. The van der Waals surface area contributed by atoms with Crippen LogP contribution in [-0.2, 0) is 33.4 Å². The lowest BCUT2D eigenvalue weighted by atomic mass is 9.45. The summed E-state index contributed by atoms with van der Waals surface area (Å²) in [6.07, 6.45) is 5.10. The average Bonchev–Trinajstić information content (AvgIpc) is 3.00. The smallest absolute Gasteiger partial charge is 0.312 e. The van der Waals surface area contributed by atoms with Gasteiger partial charge in [-0.05, 0) is 42.9 Å². The molecule has 7 heteroatoms. The van der Waals surface area contributed by atoms with Crippen molar-refractivity contribution in [3.63, 3.8) is 0 Å². The summed E-state index contributed by atoms with van der Waals surface area (Å²) in [5.74, 6) is -1.53. The van der Waals surface area contributed by atoms with Crippen molar-refractivity contribution < 1.29 is 33.4 Å². The van der Waals surface area contributed by atoms with E-state index in [9.17, 15) is 19.2 Å². The number of hydrogen-bond acceptors (Lipinski definition) is 7. The highest BCUT2D eigenvalue weighted by Crippen LogP contribution is 2.66. The first-order chi connectivity index (χ1) is 15.0. The Morgan fingerprint density at radius 3 is 2.34 bits per heavy atom. The molecule has 0 N–H and O–H groups in total. The predicted molar refractivity (Wildman–Crippen MR) is 114 cm³/mol. The molecule has 0 aliphatic heterocycles. The summed E-state index contributed by atoms with van der Waals surface area (Å²) in [7, 11) is 1.39. The Morgan fingerprint density at radius 1 is 1.03 bits per heavy atom. The van der Waals surface area contributed by atoms with Crippen molar-refractivity contribution in [2.75, 3.05) is 7.11 Å². The number of carbonyl (C=O) groups is 4. The molecule has 0 saturated heterocycles. The summed E-state index contributed by atoms with van der Waals surface area (Å²) >= 11 is 0. The molecule has 176 valence electrons. The van der Waals surface area contributed by atoms with Crippen molar-refractivity contribution in [3.8, 4) is 0 Å². The van der Waals surface area contributed by atoms with Gasteiger partial charge >= 0.3 is 17.9 Å². The van der Waals surface area contributed by atoms with Crippen LogP contribution >= 0.6 is 0 Å². The van der Waals surface area contributed by atoms with Gasteiger partial charge in [0.05, 0.1) is 13.0 Å². The molecular weight excluding hydrogens is 412 g/mol. The number of fused-ring (bicyclic) bond motifs is 5. The Balaban J connectivity index is 1.83. The van der Waals surface area contributed by atoms with Gasteiger partial charge in [-0.1, -0.05) is 25.5 Å². The van der Waals surface area contributed by atoms with Gasteiger partial charge in [-0.15, -0.1) is 0 Å². The van der Waals surface area contributed by atoms with E-state index < -0.39 is 17.4 Å². The number of methoxy groups -OCH3 is 1. The predicted octanol–water partition coefficient (Wildman–Crippen LogP) is 3.39. The Bertz CT molecular complexity index is 876. The number of Topliss-reactive ketones (excluding diaryl/α,β-unsaturated/α-hetero) is 1. The third kappa shape index (κ3) is 3.48. The van der Waals surface area contributed by atoms with Crippen LogP contribution in [0.5, 0.6) is 0 Å². The van der Waals surface area contributed by atoms with E-state index in [1.165, 1.54) is 21.0 Å². The zero-order valence-electron chi connectivity index (χ0n) is 19.6. The molecule has 4 aliphatic rings. The molecule has 4 aliphatic carbocycles. The van der Waals surface area contributed by atoms with E-state index in [2.05, 4.69) is 6.92 Å². The molecule has 3 fully saturated rings. The molecule has 0 bridgehead atoms. The molecule has 0 aromatic heterocycles. The molecule has 0 spiro atoms. The van der Waals surface area contributed by atoms with Crippen LogP contribution in [0.3, 0.4) is 0 Å². The van der Waals surface area contributed by atoms with Gasteiger partial charge in [0, 0.05) is 38.0 Å². The van der Waals surface area contributed by atoms with E-state index >= 15 is 0 Å². The van der Waals surface area contributed by atoms with Gasteiger partial charge in [-0.2, -0.15) is 0 Å². The minimum absolute atomic E-state index is 0.0386. The minimum Gasteiger partial charge on any atom is -0.469 e. The molecule has 4 rings (SSSR count). The van der Waals surface area contributed by atoms with Gasteiger partial charge in [0.1, 0.15) is 18.0 Å². The topological polar surface area (TPSA) is 96.0 Å². The zero-order valence-corrected chi connectivity index (χ0v) is 19.6. The quantitative estimate of drug-likeness (QED) is 0.372. The Morgan fingerprint density at radius 2 is 1.72 bits per heavy atom.